The van der Waals surface area contributed by atoms with E-state index >= 15 is 0 Å². The van der Waals surface area contributed by atoms with Gasteiger partial charge in [0.2, 0.25) is 0 Å². The highest BCUT2D eigenvalue weighted by atomic mass is 16.8. The van der Waals surface area contributed by atoms with E-state index in [0.29, 0.717) is 24.6 Å². The van der Waals surface area contributed by atoms with Gasteiger partial charge in [-0.2, -0.15) is 0 Å². The van der Waals surface area contributed by atoms with Gasteiger partial charge in [-0.3, -0.25) is 4.79 Å². The number of hydrogen-bond acceptors (Lipinski definition) is 7. The summed E-state index contributed by atoms with van der Waals surface area (Å²) in [5.41, 5.74) is 1.22. The van der Waals surface area contributed by atoms with Crippen molar-refractivity contribution in [3.8, 4) is 5.75 Å². The van der Waals surface area contributed by atoms with Crippen LogP contribution in [0, 0.1) is 11.8 Å². The molecular weight excluding hydrogens is 424 g/mol. The Morgan fingerprint density at radius 2 is 1.91 bits per heavy atom. The highest BCUT2D eigenvalue weighted by Gasteiger charge is 2.55. The number of aromatic amines is 1. The number of hydrogen-bond donors (Lipinski definition) is 1. The average Bonchev–Trinajstić information content (AvgIpc) is 3.07. The van der Waals surface area contributed by atoms with Crippen LogP contribution in [-0.4, -0.2) is 40.9 Å². The average molecular weight is 453 g/mol. The van der Waals surface area contributed by atoms with Crippen LogP contribution in [0.1, 0.15) is 37.8 Å². The first-order chi connectivity index (χ1) is 15.9. The van der Waals surface area contributed by atoms with Gasteiger partial charge in [0.25, 0.3) is 5.56 Å². The summed E-state index contributed by atoms with van der Waals surface area (Å²) in [6.07, 6.45) is 6.60. The monoisotopic (exact) mass is 452 g/mol. The molecule has 8 nitrogen and oxygen atoms in total. The number of nitrogens with zero attached hydrogens (tertiary/aromatic N) is 1. The molecule has 8 heteroatoms. The van der Waals surface area contributed by atoms with E-state index in [9.17, 15) is 14.4 Å². The molecule has 1 aromatic heterocycles. The molecule has 3 heterocycles. The molecule has 1 spiro atoms. The van der Waals surface area contributed by atoms with Gasteiger partial charge in [-0.15, -0.1) is 0 Å². The van der Waals surface area contributed by atoms with Crippen LogP contribution in [0.25, 0.3) is 6.08 Å². The predicted molar refractivity (Wildman–Crippen MR) is 121 cm³/mol. The molecule has 1 atom stereocenters. The standard InChI is InChI=1S/C25H28N2O6/c1-17(2)16-31-21-8-4-3-6-19(21)10-9-18-11-13-27(15-20-7-5-12-26-22(20)28)25(14-18)32-23(29)24(30)33-25/h3-10,12,17-18H,11,13-16H2,1-2H3,(H,26,28)/b10-9+. The summed E-state index contributed by atoms with van der Waals surface area (Å²) in [5.74, 6) is -2.34. The van der Waals surface area contributed by atoms with Crippen molar-refractivity contribution in [3.05, 3.63) is 70.2 Å². The molecule has 1 N–H and O–H groups in total. The summed E-state index contributed by atoms with van der Waals surface area (Å²) in [6.45, 7) is 5.49. The number of carbonyl (C=O) groups is 2. The lowest BCUT2D eigenvalue weighted by Crippen LogP contribution is -2.55. The summed E-state index contributed by atoms with van der Waals surface area (Å²) in [5, 5.41) is 0. The highest BCUT2D eigenvalue weighted by Crippen LogP contribution is 2.39. The van der Waals surface area contributed by atoms with Crippen molar-refractivity contribution < 1.29 is 23.8 Å². The number of aromatic nitrogens is 1. The van der Waals surface area contributed by atoms with E-state index in [1.165, 1.54) is 0 Å². The maximum atomic E-state index is 12.2. The van der Waals surface area contributed by atoms with Gasteiger partial charge in [-0.05, 0) is 30.4 Å². The molecule has 0 amide bonds. The van der Waals surface area contributed by atoms with E-state index in [1.54, 1.807) is 23.2 Å². The lowest BCUT2D eigenvalue weighted by Gasteiger charge is -2.42. The van der Waals surface area contributed by atoms with Crippen LogP contribution in [0.15, 0.2) is 53.5 Å². The van der Waals surface area contributed by atoms with Gasteiger partial charge in [0.05, 0.1) is 6.61 Å². The first-order valence-corrected chi connectivity index (χ1v) is 11.1. The molecule has 174 valence electrons. The molecule has 2 aromatic rings. The third-order valence-corrected chi connectivity index (χ3v) is 5.74. The van der Waals surface area contributed by atoms with Crippen molar-refractivity contribution in [1.29, 1.82) is 0 Å². The molecule has 2 aliphatic rings. The Hall–Kier alpha value is -3.39. The van der Waals surface area contributed by atoms with Crippen LogP contribution < -0.4 is 10.3 Å². The smallest absolute Gasteiger partial charge is 0.421 e. The Morgan fingerprint density at radius 3 is 2.64 bits per heavy atom. The lowest BCUT2D eigenvalue weighted by molar-refractivity contribution is -0.271. The van der Waals surface area contributed by atoms with E-state index in [-0.39, 0.29) is 24.4 Å². The zero-order valence-corrected chi connectivity index (χ0v) is 18.8. The molecule has 2 saturated heterocycles. The number of esters is 2. The number of ether oxygens (including phenoxy) is 3. The Morgan fingerprint density at radius 1 is 1.15 bits per heavy atom. The van der Waals surface area contributed by atoms with Crippen molar-refractivity contribution >= 4 is 18.0 Å². The van der Waals surface area contributed by atoms with Crippen LogP contribution in [0.3, 0.4) is 0 Å². The van der Waals surface area contributed by atoms with Crippen molar-refractivity contribution in [2.75, 3.05) is 13.2 Å². The molecule has 4 rings (SSSR count). The molecule has 0 saturated carbocycles. The number of piperidine rings is 1. The number of benzene rings is 1. The lowest BCUT2D eigenvalue weighted by atomic mass is 9.92. The van der Waals surface area contributed by atoms with E-state index in [0.717, 1.165) is 17.7 Å². The fourth-order valence-electron chi connectivity index (χ4n) is 4.06. The quantitative estimate of drug-likeness (QED) is 0.509. The Kier molecular flexibility index (Phi) is 6.65. The fourth-order valence-corrected chi connectivity index (χ4v) is 4.06. The number of likely N-dealkylation sites (tertiary alicyclic amines) is 1. The van der Waals surface area contributed by atoms with Crippen molar-refractivity contribution in [1.82, 2.24) is 9.88 Å². The van der Waals surface area contributed by atoms with E-state index in [1.807, 2.05) is 36.4 Å². The fraction of sp³-hybridized carbons (Fsp3) is 0.400. The number of nitrogens with one attached hydrogen (secondary N) is 1. The zero-order chi connectivity index (χ0) is 23.4. The number of allylic oxidation sites excluding steroid dienone is 1. The minimum absolute atomic E-state index is 0.00726. The van der Waals surface area contributed by atoms with Gasteiger partial charge in [-0.25, -0.2) is 14.5 Å². The van der Waals surface area contributed by atoms with Crippen LogP contribution in [-0.2, 0) is 25.6 Å². The van der Waals surface area contributed by atoms with Crippen LogP contribution in [0.5, 0.6) is 5.75 Å². The van der Waals surface area contributed by atoms with E-state index in [4.69, 9.17) is 14.2 Å². The molecule has 1 unspecified atom stereocenters. The first-order valence-electron chi connectivity index (χ1n) is 11.1. The van der Waals surface area contributed by atoms with Gasteiger partial charge < -0.3 is 19.2 Å². The largest absolute Gasteiger partial charge is 0.493 e. The second-order valence-electron chi connectivity index (χ2n) is 8.79. The van der Waals surface area contributed by atoms with Gasteiger partial charge in [-0.1, -0.05) is 50.3 Å². The number of carbonyl (C=O) groups excluding carboxylic acids is 2. The molecule has 33 heavy (non-hydrogen) atoms. The van der Waals surface area contributed by atoms with Crippen LogP contribution in [0.2, 0.25) is 0 Å². The maximum absolute atomic E-state index is 12.2. The molecule has 2 aliphatic heterocycles. The summed E-state index contributed by atoms with van der Waals surface area (Å²) < 4.78 is 16.8. The summed E-state index contributed by atoms with van der Waals surface area (Å²) in [4.78, 5) is 40.4. The maximum Gasteiger partial charge on any atom is 0.421 e. The van der Waals surface area contributed by atoms with Crippen molar-refractivity contribution in [2.45, 2.75) is 39.1 Å². The molecule has 2 fully saturated rings. The van der Waals surface area contributed by atoms with E-state index in [2.05, 4.69) is 18.8 Å². The summed E-state index contributed by atoms with van der Waals surface area (Å²) in [6, 6.07) is 11.2. The van der Waals surface area contributed by atoms with E-state index < -0.39 is 17.8 Å². The number of pyridine rings is 1. The second-order valence-corrected chi connectivity index (χ2v) is 8.79. The molecular formula is C25H28N2O6. The molecule has 0 bridgehead atoms. The second kappa shape index (κ2) is 9.62. The third kappa shape index (κ3) is 5.17. The first kappa shape index (κ1) is 22.8. The Balaban J connectivity index is 1.53. The minimum atomic E-state index is -1.52. The topological polar surface area (TPSA) is 97.9 Å². The molecule has 0 aliphatic carbocycles. The van der Waals surface area contributed by atoms with Crippen LogP contribution >= 0.6 is 0 Å². The summed E-state index contributed by atoms with van der Waals surface area (Å²) >= 11 is 0. The predicted octanol–water partition coefficient (Wildman–Crippen LogP) is 3.09. The Bertz CT molecular complexity index is 1090. The molecule has 0 radical (unpaired) electrons. The van der Waals surface area contributed by atoms with Gasteiger partial charge >= 0.3 is 17.8 Å². The van der Waals surface area contributed by atoms with Crippen molar-refractivity contribution in [3.63, 3.8) is 0 Å². The minimum Gasteiger partial charge on any atom is -0.493 e. The SMILES string of the molecule is CC(C)COc1ccccc1/C=C/C1CCN(Cc2ccc[nH]c2=O)C2(C1)OC(=O)C(=O)O2. The van der Waals surface area contributed by atoms with Crippen LogP contribution in [0.4, 0.5) is 0 Å². The van der Waals surface area contributed by atoms with Crippen molar-refractivity contribution in [2.24, 2.45) is 11.8 Å². The number of rotatable bonds is 7. The normalized spacial score (nSPS) is 20.4. The Labute approximate surface area is 192 Å². The van der Waals surface area contributed by atoms with Gasteiger partial charge in [0, 0.05) is 36.8 Å². The zero-order valence-electron chi connectivity index (χ0n) is 18.8. The highest BCUT2D eigenvalue weighted by molar-refractivity contribution is 6.31. The van der Waals surface area contributed by atoms with Gasteiger partial charge in [0.15, 0.2) is 0 Å². The third-order valence-electron chi connectivity index (χ3n) is 5.74. The summed E-state index contributed by atoms with van der Waals surface area (Å²) in [7, 11) is 0. The number of para-hydroxylation sites is 1. The van der Waals surface area contributed by atoms with Gasteiger partial charge in [0.1, 0.15) is 5.75 Å². The molecule has 1 aromatic carbocycles. The number of H-pyrrole nitrogens is 1.